The van der Waals surface area contributed by atoms with Gasteiger partial charge in [0.15, 0.2) is 0 Å². The van der Waals surface area contributed by atoms with Gasteiger partial charge in [-0.15, -0.1) is 11.3 Å². The van der Waals surface area contributed by atoms with E-state index in [1.54, 1.807) is 0 Å². The fraction of sp³-hybridized carbons (Fsp3) is 0.421. The van der Waals surface area contributed by atoms with Crippen molar-refractivity contribution in [3.63, 3.8) is 0 Å². The van der Waals surface area contributed by atoms with Crippen molar-refractivity contribution >= 4 is 17.2 Å². The molecule has 1 amide bonds. The number of hydrogen-bond acceptors (Lipinski definition) is 5. The van der Waals surface area contributed by atoms with E-state index in [1.165, 1.54) is 11.3 Å². The molecule has 3 aromatic rings. The summed E-state index contributed by atoms with van der Waals surface area (Å²) in [5, 5.41) is 9.97. The number of fused-ring (bicyclic) bond motifs is 2. The first kappa shape index (κ1) is 16.7. The molecule has 0 saturated carbocycles. The van der Waals surface area contributed by atoms with Crippen LogP contribution in [0, 0.1) is 0 Å². The molecule has 0 unspecified atom stereocenters. The summed E-state index contributed by atoms with van der Waals surface area (Å²) in [6, 6.07) is 5.87. The Morgan fingerprint density at radius 1 is 1.22 bits per heavy atom. The van der Waals surface area contributed by atoms with E-state index < -0.39 is 0 Å². The van der Waals surface area contributed by atoms with Crippen molar-refractivity contribution in [1.82, 2.24) is 29.5 Å². The summed E-state index contributed by atoms with van der Waals surface area (Å²) in [6.45, 7) is 3.30. The van der Waals surface area contributed by atoms with Crippen molar-refractivity contribution < 1.29 is 4.79 Å². The van der Waals surface area contributed by atoms with E-state index in [2.05, 4.69) is 15.0 Å². The molecule has 7 nitrogen and oxygen atoms in total. The van der Waals surface area contributed by atoms with E-state index in [9.17, 15) is 4.79 Å². The molecule has 5 heterocycles. The minimum absolute atomic E-state index is 0.148. The van der Waals surface area contributed by atoms with Crippen molar-refractivity contribution in [3.05, 3.63) is 46.7 Å². The first-order valence-corrected chi connectivity index (χ1v) is 10.2. The molecule has 1 N–H and O–H groups in total. The van der Waals surface area contributed by atoms with Crippen molar-refractivity contribution in [2.75, 3.05) is 19.6 Å². The van der Waals surface area contributed by atoms with E-state index in [0.29, 0.717) is 0 Å². The molecule has 1 fully saturated rings. The molecule has 8 heteroatoms. The Bertz CT molecular complexity index is 964. The van der Waals surface area contributed by atoms with Crippen molar-refractivity contribution in [1.29, 1.82) is 0 Å². The molecule has 27 heavy (non-hydrogen) atoms. The molecule has 0 aliphatic carbocycles. The van der Waals surface area contributed by atoms with E-state index >= 15 is 0 Å². The van der Waals surface area contributed by atoms with Gasteiger partial charge in [-0.05, 0) is 30.4 Å². The highest BCUT2D eigenvalue weighted by Gasteiger charge is 2.43. The van der Waals surface area contributed by atoms with Crippen molar-refractivity contribution in [3.8, 4) is 11.4 Å². The van der Waals surface area contributed by atoms with Gasteiger partial charge in [0.2, 0.25) is 0 Å². The quantitative estimate of drug-likeness (QED) is 0.737. The van der Waals surface area contributed by atoms with Gasteiger partial charge in [0.25, 0.3) is 5.91 Å². The third kappa shape index (κ3) is 2.62. The van der Waals surface area contributed by atoms with Gasteiger partial charge in [-0.2, -0.15) is 5.10 Å². The molecule has 0 atom stereocenters. The molecule has 0 radical (unpaired) electrons. The number of carbonyl (C=O) groups is 1. The number of carbonyl (C=O) groups excluding carboxylic acids is 1. The number of hydrogen-bond donors (Lipinski definition) is 1. The minimum Gasteiger partial charge on any atom is -0.338 e. The smallest absolute Gasteiger partial charge is 0.263 e. The van der Waals surface area contributed by atoms with Gasteiger partial charge in [-0.25, -0.2) is 4.98 Å². The van der Waals surface area contributed by atoms with Gasteiger partial charge >= 0.3 is 0 Å². The summed E-state index contributed by atoms with van der Waals surface area (Å²) in [5.41, 5.74) is 2.04. The van der Waals surface area contributed by atoms with Gasteiger partial charge in [-0.1, -0.05) is 6.07 Å². The maximum absolute atomic E-state index is 12.7. The number of imidazole rings is 1. The molecular weight excluding hydrogens is 360 g/mol. The fourth-order valence-electron chi connectivity index (χ4n) is 4.35. The lowest BCUT2D eigenvalue weighted by Crippen LogP contribution is -2.56. The van der Waals surface area contributed by atoms with Crippen LogP contribution in [0.5, 0.6) is 0 Å². The normalized spacial score (nSPS) is 18.6. The minimum atomic E-state index is -0.151. The highest BCUT2D eigenvalue weighted by Crippen LogP contribution is 2.37. The summed E-state index contributed by atoms with van der Waals surface area (Å²) >= 11 is 1.51. The Morgan fingerprint density at radius 2 is 2.07 bits per heavy atom. The standard InChI is InChI=1S/C19H22N6OS/c1-23-14(4-7-22-23)15-13-20-18-19(21-8-11-25(15)18)5-9-24(10-6-19)17(26)16-3-2-12-27-16/h2-4,7,12-13,21H,5-6,8-11H2,1H3. The first-order chi connectivity index (χ1) is 13.2. The lowest BCUT2D eigenvalue weighted by atomic mass is 9.85. The summed E-state index contributed by atoms with van der Waals surface area (Å²) in [5.74, 6) is 1.24. The van der Waals surface area contributed by atoms with Crippen LogP contribution in [0.2, 0.25) is 0 Å². The molecule has 2 aliphatic heterocycles. The van der Waals surface area contributed by atoms with Gasteiger partial charge in [-0.3, -0.25) is 9.48 Å². The van der Waals surface area contributed by atoms with Crippen LogP contribution < -0.4 is 5.32 Å². The molecule has 140 valence electrons. The van der Waals surface area contributed by atoms with Gasteiger partial charge in [0.1, 0.15) is 5.82 Å². The maximum Gasteiger partial charge on any atom is 0.263 e. The van der Waals surface area contributed by atoms with Crippen LogP contribution in [0.4, 0.5) is 0 Å². The van der Waals surface area contributed by atoms with E-state index in [4.69, 9.17) is 4.98 Å². The number of nitrogens with one attached hydrogen (secondary N) is 1. The summed E-state index contributed by atoms with van der Waals surface area (Å²) in [7, 11) is 1.96. The van der Waals surface area contributed by atoms with Crippen LogP contribution in [-0.4, -0.2) is 49.8 Å². The second-order valence-electron chi connectivity index (χ2n) is 7.24. The number of likely N-dealkylation sites (tertiary alicyclic amines) is 1. The Morgan fingerprint density at radius 3 is 2.78 bits per heavy atom. The Labute approximate surface area is 161 Å². The number of nitrogens with zero attached hydrogens (tertiary/aromatic N) is 5. The molecule has 1 spiro atoms. The second kappa shape index (κ2) is 6.31. The van der Waals surface area contributed by atoms with Crippen molar-refractivity contribution in [2.24, 2.45) is 7.05 Å². The topological polar surface area (TPSA) is 68.0 Å². The molecule has 0 bridgehead atoms. The van der Waals surface area contributed by atoms with E-state index in [-0.39, 0.29) is 11.4 Å². The maximum atomic E-state index is 12.7. The monoisotopic (exact) mass is 382 g/mol. The summed E-state index contributed by atoms with van der Waals surface area (Å²) in [4.78, 5) is 20.3. The Kier molecular flexibility index (Phi) is 3.91. The van der Waals surface area contributed by atoms with Gasteiger partial charge in [0.05, 0.1) is 28.0 Å². The lowest BCUT2D eigenvalue weighted by Gasteiger charge is -2.44. The Balaban J connectivity index is 1.41. The number of aryl methyl sites for hydroxylation is 1. The number of aromatic nitrogens is 4. The molecule has 5 rings (SSSR count). The van der Waals surface area contributed by atoms with Crippen LogP contribution in [0.15, 0.2) is 36.0 Å². The van der Waals surface area contributed by atoms with Gasteiger partial charge in [0, 0.05) is 39.4 Å². The number of amides is 1. The van der Waals surface area contributed by atoms with E-state index in [0.717, 1.165) is 61.1 Å². The highest BCUT2D eigenvalue weighted by molar-refractivity contribution is 7.12. The summed E-state index contributed by atoms with van der Waals surface area (Å²) < 4.78 is 4.21. The lowest BCUT2D eigenvalue weighted by molar-refractivity contribution is 0.0611. The first-order valence-electron chi connectivity index (χ1n) is 9.30. The fourth-order valence-corrected chi connectivity index (χ4v) is 5.04. The van der Waals surface area contributed by atoms with Crippen molar-refractivity contribution in [2.45, 2.75) is 24.9 Å². The molecule has 0 aromatic carbocycles. The average Bonchev–Trinajstić information content (AvgIpc) is 3.43. The van der Waals surface area contributed by atoms with Crippen LogP contribution in [0.25, 0.3) is 11.4 Å². The van der Waals surface area contributed by atoms with E-state index in [1.807, 2.05) is 52.6 Å². The Hall–Kier alpha value is -2.45. The molecular formula is C19H22N6OS. The molecule has 1 saturated heterocycles. The highest BCUT2D eigenvalue weighted by atomic mass is 32.1. The zero-order valence-corrected chi connectivity index (χ0v) is 16.1. The number of rotatable bonds is 2. The van der Waals surface area contributed by atoms with Crippen LogP contribution in [0.1, 0.15) is 28.3 Å². The predicted octanol–water partition coefficient (Wildman–Crippen LogP) is 2.08. The van der Waals surface area contributed by atoms with Crippen LogP contribution >= 0.6 is 11.3 Å². The summed E-state index contributed by atoms with van der Waals surface area (Å²) in [6.07, 6.45) is 5.54. The number of piperidine rings is 1. The second-order valence-corrected chi connectivity index (χ2v) is 8.18. The third-order valence-electron chi connectivity index (χ3n) is 5.80. The largest absolute Gasteiger partial charge is 0.338 e. The SMILES string of the molecule is Cn1nccc1-c1cnc2n1CCNC21CCN(C(=O)c2cccs2)CC1. The zero-order chi connectivity index (χ0) is 18.4. The zero-order valence-electron chi connectivity index (χ0n) is 15.3. The third-order valence-corrected chi connectivity index (χ3v) is 6.66. The van der Waals surface area contributed by atoms with Crippen LogP contribution in [0.3, 0.4) is 0 Å². The molecule has 2 aliphatic rings. The van der Waals surface area contributed by atoms with Crippen LogP contribution in [-0.2, 0) is 19.1 Å². The van der Waals surface area contributed by atoms with Gasteiger partial charge < -0.3 is 14.8 Å². The average molecular weight is 382 g/mol. The number of thiophene rings is 1. The predicted molar refractivity (Wildman–Crippen MR) is 104 cm³/mol. The molecule has 3 aromatic heterocycles.